The number of amides is 1. The Kier molecular flexibility index (Phi) is 5.38. The fourth-order valence-electron chi connectivity index (χ4n) is 3.77. The highest BCUT2D eigenvalue weighted by Crippen LogP contribution is 2.37. The fourth-order valence-corrected chi connectivity index (χ4v) is 5.84. The second-order valence-corrected chi connectivity index (χ2v) is 10.5. The van der Waals surface area contributed by atoms with Crippen molar-refractivity contribution in [2.75, 3.05) is 15.9 Å². The summed E-state index contributed by atoms with van der Waals surface area (Å²) in [6, 6.07) is 13.3. The van der Waals surface area contributed by atoms with Crippen molar-refractivity contribution in [2.45, 2.75) is 32.7 Å². The highest BCUT2D eigenvalue weighted by atomic mass is 32.2. The molecule has 3 aromatic rings. The van der Waals surface area contributed by atoms with E-state index in [4.69, 9.17) is 0 Å². The molecule has 2 heterocycles. The molecule has 0 spiro atoms. The third-order valence-electron chi connectivity index (χ3n) is 5.08. The van der Waals surface area contributed by atoms with Crippen LogP contribution in [0.2, 0.25) is 0 Å². The van der Waals surface area contributed by atoms with Gasteiger partial charge in [-0.15, -0.1) is 11.3 Å². The predicted molar refractivity (Wildman–Crippen MR) is 122 cm³/mol. The van der Waals surface area contributed by atoms with E-state index >= 15 is 0 Å². The normalized spacial score (nSPS) is 15.8. The fraction of sp³-hybridized carbons (Fsp3) is 0.273. The van der Waals surface area contributed by atoms with Gasteiger partial charge in [0.05, 0.1) is 24.1 Å². The molecule has 1 aliphatic heterocycles. The molecule has 1 amide bonds. The maximum atomic E-state index is 12.3. The van der Waals surface area contributed by atoms with Gasteiger partial charge in [-0.2, -0.15) is 0 Å². The van der Waals surface area contributed by atoms with Gasteiger partial charge in [-0.05, 0) is 50.1 Å². The van der Waals surface area contributed by atoms with E-state index < -0.39 is 10.0 Å². The number of aryl methyl sites for hydroxylation is 1. The Balaban J connectivity index is 1.49. The number of sulfonamides is 1. The van der Waals surface area contributed by atoms with Gasteiger partial charge in [0.25, 0.3) is 0 Å². The third-order valence-corrected chi connectivity index (χ3v) is 7.20. The van der Waals surface area contributed by atoms with Gasteiger partial charge in [-0.25, -0.2) is 13.4 Å². The summed E-state index contributed by atoms with van der Waals surface area (Å²) < 4.78 is 25.7. The zero-order chi connectivity index (χ0) is 21.5. The number of thiazole rings is 1. The van der Waals surface area contributed by atoms with Crippen molar-refractivity contribution in [1.29, 1.82) is 0 Å². The molecule has 1 N–H and O–H groups in total. The molecule has 2 aromatic carbocycles. The highest BCUT2D eigenvalue weighted by Gasteiger charge is 2.32. The number of fused-ring (bicyclic) bond motifs is 1. The number of hydrogen-bond donors (Lipinski definition) is 1. The molecule has 1 unspecified atom stereocenters. The minimum absolute atomic E-state index is 0.0956. The average molecular weight is 442 g/mol. The van der Waals surface area contributed by atoms with E-state index in [0.29, 0.717) is 6.42 Å². The monoisotopic (exact) mass is 441 g/mol. The largest absolute Gasteiger partial charge is 0.326 e. The second-order valence-electron chi connectivity index (χ2n) is 7.67. The Morgan fingerprint density at radius 1 is 1.23 bits per heavy atom. The Labute approximate surface area is 180 Å². The van der Waals surface area contributed by atoms with Gasteiger partial charge in [-0.1, -0.05) is 23.8 Å². The number of anilines is 2. The Bertz CT molecular complexity index is 1200. The topological polar surface area (TPSA) is 79.4 Å². The minimum atomic E-state index is -3.30. The van der Waals surface area contributed by atoms with Crippen molar-refractivity contribution in [3.8, 4) is 11.3 Å². The summed E-state index contributed by atoms with van der Waals surface area (Å²) in [6.45, 7) is 3.91. The number of nitrogens with zero attached hydrogens (tertiary/aromatic N) is 2. The lowest BCUT2D eigenvalue weighted by Crippen LogP contribution is -2.34. The zero-order valence-electron chi connectivity index (χ0n) is 17.0. The first kappa shape index (κ1) is 20.6. The van der Waals surface area contributed by atoms with Crippen LogP contribution in [-0.2, 0) is 27.7 Å². The maximum Gasteiger partial charge on any atom is 0.232 e. The number of carbonyl (C=O) groups is 1. The van der Waals surface area contributed by atoms with Gasteiger partial charge in [0.2, 0.25) is 15.9 Å². The van der Waals surface area contributed by atoms with E-state index in [2.05, 4.69) is 10.3 Å². The summed E-state index contributed by atoms with van der Waals surface area (Å²) in [5.74, 6) is -0.105. The lowest BCUT2D eigenvalue weighted by Gasteiger charge is -2.21. The van der Waals surface area contributed by atoms with Crippen molar-refractivity contribution in [1.82, 2.24) is 4.98 Å². The van der Waals surface area contributed by atoms with Crippen LogP contribution in [0.15, 0.2) is 47.8 Å². The van der Waals surface area contributed by atoms with Gasteiger partial charge < -0.3 is 5.32 Å². The van der Waals surface area contributed by atoms with Crippen LogP contribution in [0.25, 0.3) is 11.3 Å². The third kappa shape index (κ3) is 4.24. The molecule has 1 aromatic heterocycles. The number of hydrogen-bond acceptors (Lipinski definition) is 5. The molecule has 0 saturated carbocycles. The van der Waals surface area contributed by atoms with Crippen LogP contribution in [0, 0.1) is 6.92 Å². The summed E-state index contributed by atoms with van der Waals surface area (Å²) in [7, 11) is -3.30. The quantitative estimate of drug-likeness (QED) is 0.649. The molecule has 156 valence electrons. The summed E-state index contributed by atoms with van der Waals surface area (Å²) in [5.41, 5.74) is 5.37. The van der Waals surface area contributed by atoms with Crippen LogP contribution in [0.1, 0.15) is 23.1 Å². The van der Waals surface area contributed by atoms with E-state index in [1.54, 1.807) is 0 Å². The average Bonchev–Trinajstić information content (AvgIpc) is 3.25. The summed E-state index contributed by atoms with van der Waals surface area (Å²) in [5, 5.41) is 5.56. The van der Waals surface area contributed by atoms with Crippen molar-refractivity contribution in [3.05, 3.63) is 64.0 Å². The van der Waals surface area contributed by atoms with Gasteiger partial charge >= 0.3 is 0 Å². The van der Waals surface area contributed by atoms with Crippen molar-refractivity contribution in [2.24, 2.45) is 0 Å². The van der Waals surface area contributed by atoms with Crippen LogP contribution in [0.5, 0.6) is 0 Å². The first-order valence-electron chi connectivity index (χ1n) is 9.64. The van der Waals surface area contributed by atoms with Gasteiger partial charge in [0.1, 0.15) is 5.01 Å². The van der Waals surface area contributed by atoms with Crippen LogP contribution in [0.3, 0.4) is 0 Å². The molecule has 0 fully saturated rings. The Morgan fingerprint density at radius 2 is 1.97 bits per heavy atom. The summed E-state index contributed by atoms with van der Waals surface area (Å²) >= 11 is 1.45. The molecule has 1 aliphatic rings. The molecule has 1 atom stereocenters. The minimum Gasteiger partial charge on any atom is -0.326 e. The number of aromatic nitrogens is 1. The summed E-state index contributed by atoms with van der Waals surface area (Å²) in [4.78, 5) is 16.9. The molecule has 30 heavy (non-hydrogen) atoms. The van der Waals surface area contributed by atoms with Gasteiger partial charge in [0, 0.05) is 22.7 Å². The van der Waals surface area contributed by atoms with Crippen LogP contribution < -0.4 is 9.62 Å². The van der Waals surface area contributed by atoms with Gasteiger partial charge in [-0.3, -0.25) is 9.10 Å². The van der Waals surface area contributed by atoms with Crippen LogP contribution >= 0.6 is 11.3 Å². The maximum absolute atomic E-state index is 12.3. The van der Waals surface area contributed by atoms with E-state index in [1.807, 2.05) is 61.7 Å². The van der Waals surface area contributed by atoms with E-state index in [1.165, 1.54) is 21.9 Å². The smallest absolute Gasteiger partial charge is 0.232 e. The number of benzene rings is 2. The van der Waals surface area contributed by atoms with Gasteiger partial charge in [0.15, 0.2) is 0 Å². The van der Waals surface area contributed by atoms with Crippen LogP contribution in [-0.4, -0.2) is 31.6 Å². The second kappa shape index (κ2) is 7.85. The highest BCUT2D eigenvalue weighted by molar-refractivity contribution is 7.92. The number of carbonyl (C=O) groups excluding carboxylic acids is 1. The lowest BCUT2D eigenvalue weighted by atomic mass is 10.1. The molecule has 4 rings (SSSR count). The number of nitrogens with one attached hydrogen (secondary N) is 1. The molecule has 0 saturated heterocycles. The molecular formula is C22H23N3O3S2. The molecule has 8 heteroatoms. The Morgan fingerprint density at radius 3 is 2.67 bits per heavy atom. The van der Waals surface area contributed by atoms with Crippen molar-refractivity contribution < 1.29 is 13.2 Å². The molecular weight excluding hydrogens is 418 g/mol. The van der Waals surface area contributed by atoms with Crippen LogP contribution in [0.4, 0.5) is 11.4 Å². The molecule has 0 bridgehead atoms. The lowest BCUT2D eigenvalue weighted by molar-refractivity contribution is -0.115. The summed E-state index contributed by atoms with van der Waals surface area (Å²) in [6.07, 6.45) is 2.12. The first-order valence-corrected chi connectivity index (χ1v) is 12.4. The Hall–Kier alpha value is -2.71. The zero-order valence-corrected chi connectivity index (χ0v) is 18.7. The van der Waals surface area contributed by atoms with E-state index in [9.17, 15) is 13.2 Å². The number of rotatable bonds is 5. The SMILES string of the molecule is Cc1ccc(NC(=O)Cc2nc(-c3ccc4c(c3)CC(C)N4S(C)(=O)=O)cs2)cc1. The van der Waals surface area contributed by atoms with E-state index in [-0.39, 0.29) is 18.4 Å². The predicted octanol–water partition coefficient (Wildman–Crippen LogP) is 4.01. The van der Waals surface area contributed by atoms with E-state index in [0.717, 1.165) is 38.8 Å². The molecule has 6 nitrogen and oxygen atoms in total. The molecule has 0 radical (unpaired) electrons. The van der Waals surface area contributed by atoms with Crippen molar-refractivity contribution >= 4 is 38.6 Å². The first-order chi connectivity index (χ1) is 14.2. The standard InChI is InChI=1S/C22H23N3O3S2/c1-14-4-7-18(8-5-14)23-21(26)12-22-24-19(13-29-22)16-6-9-20-17(11-16)10-15(2)25(20)30(3,27)28/h4-9,11,13,15H,10,12H2,1-3H3,(H,23,26). The van der Waals surface area contributed by atoms with Crippen molar-refractivity contribution in [3.63, 3.8) is 0 Å². The molecule has 0 aliphatic carbocycles.